The Hall–Kier alpha value is -7.42. The summed E-state index contributed by atoms with van der Waals surface area (Å²) >= 11 is 0. The smallest absolute Gasteiger partial charge is 0.0541 e. The number of nitrogens with zero attached hydrogens (tertiary/aromatic N) is 2. The van der Waals surface area contributed by atoms with E-state index in [0.717, 1.165) is 6.42 Å². The average Bonchev–Trinajstić information content (AvgIpc) is 3.79. The molecule has 0 saturated carbocycles. The molecule has 0 radical (unpaired) electrons. The van der Waals surface area contributed by atoms with Gasteiger partial charge in [0, 0.05) is 32.9 Å². The standard InChI is InChI=1S/C38H29N.C18H13N/c1-3-4-5-11-30-23-29-12-6-7-15-32(29)35-25-28(19-20-33(30)35)27-13-10-14-31(24-27)39-37-17-9-8-16-34(37)36-22-26(2)18-21-38(36)39;1-2-8-14(9-3-1)19-17-12-6-4-10-15(17)16-11-5-7-13-18(16)19/h3-22,24-25H,1,23H2,2H3;1-13H/b5-4-,30-11+;. The third-order valence-electron chi connectivity index (χ3n) is 11.5. The normalized spacial score (nSPS) is 12.9. The lowest BCUT2D eigenvalue weighted by Crippen LogP contribution is -2.03. The van der Waals surface area contributed by atoms with Gasteiger partial charge in [0.25, 0.3) is 0 Å². The van der Waals surface area contributed by atoms with Gasteiger partial charge >= 0.3 is 0 Å². The van der Waals surface area contributed by atoms with E-state index in [1.54, 1.807) is 0 Å². The van der Waals surface area contributed by atoms with Crippen LogP contribution >= 0.6 is 0 Å². The summed E-state index contributed by atoms with van der Waals surface area (Å²) < 4.78 is 4.72. The molecule has 276 valence electrons. The van der Waals surface area contributed by atoms with Crippen molar-refractivity contribution in [2.75, 3.05) is 0 Å². The number of rotatable bonds is 5. The molecule has 1 aliphatic carbocycles. The largest absolute Gasteiger partial charge is 0.309 e. The summed E-state index contributed by atoms with van der Waals surface area (Å²) in [6.45, 7) is 5.98. The van der Waals surface area contributed by atoms with E-state index in [2.05, 4.69) is 223 Å². The van der Waals surface area contributed by atoms with Gasteiger partial charge in [0.15, 0.2) is 0 Å². The summed E-state index contributed by atoms with van der Waals surface area (Å²) in [5.41, 5.74) is 17.7. The Morgan fingerprint density at radius 1 is 0.431 bits per heavy atom. The summed E-state index contributed by atoms with van der Waals surface area (Å²) in [6.07, 6.45) is 9.06. The number of aromatic nitrogens is 2. The fourth-order valence-electron chi connectivity index (χ4n) is 8.83. The van der Waals surface area contributed by atoms with E-state index in [4.69, 9.17) is 0 Å². The molecule has 2 nitrogen and oxygen atoms in total. The summed E-state index contributed by atoms with van der Waals surface area (Å²) in [7, 11) is 0. The van der Waals surface area contributed by atoms with Gasteiger partial charge in [-0.2, -0.15) is 0 Å². The molecule has 8 aromatic carbocycles. The molecular weight excluding hydrogens is 701 g/mol. The molecule has 0 aliphatic heterocycles. The van der Waals surface area contributed by atoms with Crippen LogP contribution in [0, 0.1) is 6.92 Å². The van der Waals surface area contributed by atoms with Crippen molar-refractivity contribution >= 4 is 49.2 Å². The first-order chi connectivity index (χ1) is 28.7. The minimum atomic E-state index is 0.937. The van der Waals surface area contributed by atoms with Crippen molar-refractivity contribution in [1.29, 1.82) is 0 Å². The lowest BCUT2D eigenvalue weighted by Gasteiger charge is -2.23. The summed E-state index contributed by atoms with van der Waals surface area (Å²) in [6, 6.07) is 67.8. The molecule has 1 aliphatic rings. The van der Waals surface area contributed by atoms with Gasteiger partial charge in [-0.25, -0.2) is 0 Å². The van der Waals surface area contributed by atoms with E-state index in [1.165, 1.54) is 99.5 Å². The molecule has 2 heterocycles. The maximum absolute atomic E-state index is 3.81. The van der Waals surface area contributed by atoms with Crippen molar-refractivity contribution in [3.63, 3.8) is 0 Å². The third-order valence-corrected chi connectivity index (χ3v) is 11.5. The van der Waals surface area contributed by atoms with Gasteiger partial charge in [-0.15, -0.1) is 0 Å². The second kappa shape index (κ2) is 14.9. The molecule has 0 spiro atoms. The molecule has 10 aromatic rings. The Morgan fingerprint density at radius 3 is 1.74 bits per heavy atom. The van der Waals surface area contributed by atoms with Crippen molar-refractivity contribution in [2.24, 2.45) is 0 Å². The first-order valence-corrected chi connectivity index (χ1v) is 20.0. The first-order valence-electron chi connectivity index (χ1n) is 20.0. The molecule has 2 aromatic heterocycles. The molecule has 58 heavy (non-hydrogen) atoms. The van der Waals surface area contributed by atoms with Crippen LogP contribution in [0.15, 0.2) is 219 Å². The highest BCUT2D eigenvalue weighted by Crippen LogP contribution is 2.42. The Balaban J connectivity index is 0.000000179. The highest BCUT2D eigenvalue weighted by Gasteiger charge is 2.20. The Kier molecular flexibility index (Phi) is 9.01. The van der Waals surface area contributed by atoms with Gasteiger partial charge in [-0.3, -0.25) is 0 Å². The van der Waals surface area contributed by atoms with Crippen LogP contribution in [0.2, 0.25) is 0 Å². The molecule has 0 N–H and O–H groups in total. The SMILES string of the molecule is C=C/C=C\C=C1/Cc2ccccc2-c2cc(-c3cccc(-n4c5ccccc5c5cc(C)ccc54)c3)ccc21.c1ccc(-n2c3ccccc3c3ccccc32)cc1. The summed E-state index contributed by atoms with van der Waals surface area (Å²) in [5, 5.41) is 5.20. The molecule has 0 saturated heterocycles. The molecule has 0 fully saturated rings. The zero-order valence-corrected chi connectivity index (χ0v) is 32.5. The minimum absolute atomic E-state index is 0.937. The first kappa shape index (κ1) is 35.0. The number of hydrogen-bond acceptors (Lipinski definition) is 0. The third kappa shape index (κ3) is 6.16. The molecule has 0 bridgehead atoms. The predicted octanol–water partition coefficient (Wildman–Crippen LogP) is 14.9. The highest BCUT2D eigenvalue weighted by molar-refractivity contribution is 6.10. The van der Waals surface area contributed by atoms with Crippen LogP contribution < -0.4 is 0 Å². The van der Waals surface area contributed by atoms with Crippen LogP contribution in [0.1, 0.15) is 16.7 Å². The van der Waals surface area contributed by atoms with Crippen molar-refractivity contribution in [3.05, 3.63) is 236 Å². The van der Waals surface area contributed by atoms with Crippen LogP contribution in [0.5, 0.6) is 0 Å². The summed E-state index contributed by atoms with van der Waals surface area (Å²) in [4.78, 5) is 0. The number of fused-ring (bicyclic) bond motifs is 9. The maximum Gasteiger partial charge on any atom is 0.0541 e. The topological polar surface area (TPSA) is 9.86 Å². The minimum Gasteiger partial charge on any atom is -0.309 e. The maximum atomic E-state index is 3.81. The summed E-state index contributed by atoms with van der Waals surface area (Å²) in [5.74, 6) is 0. The quantitative estimate of drug-likeness (QED) is 0.155. The van der Waals surface area contributed by atoms with Crippen molar-refractivity contribution in [2.45, 2.75) is 13.3 Å². The zero-order chi connectivity index (χ0) is 39.0. The average molecular weight is 743 g/mol. The lowest BCUT2D eigenvalue weighted by atomic mass is 9.81. The van der Waals surface area contributed by atoms with E-state index in [0.29, 0.717) is 0 Å². The van der Waals surface area contributed by atoms with Crippen LogP contribution in [-0.2, 0) is 6.42 Å². The van der Waals surface area contributed by atoms with Crippen molar-refractivity contribution < 1.29 is 0 Å². The van der Waals surface area contributed by atoms with Gasteiger partial charge in [0.1, 0.15) is 0 Å². The Morgan fingerprint density at radius 2 is 1.02 bits per heavy atom. The van der Waals surface area contributed by atoms with Crippen LogP contribution in [0.25, 0.3) is 82.8 Å². The van der Waals surface area contributed by atoms with Crippen LogP contribution in [0.4, 0.5) is 0 Å². The molecule has 11 rings (SSSR count). The fraction of sp³-hybridized carbons (Fsp3) is 0.0357. The number of hydrogen-bond donors (Lipinski definition) is 0. The Labute approximate surface area is 339 Å². The molecular formula is C56H42N2. The second-order valence-electron chi connectivity index (χ2n) is 15.0. The molecule has 0 unspecified atom stereocenters. The predicted molar refractivity (Wildman–Crippen MR) is 248 cm³/mol. The zero-order valence-electron chi connectivity index (χ0n) is 32.5. The number of para-hydroxylation sites is 4. The van der Waals surface area contributed by atoms with Gasteiger partial charge in [-0.05, 0) is 113 Å². The van der Waals surface area contributed by atoms with E-state index in [-0.39, 0.29) is 0 Å². The van der Waals surface area contributed by atoms with E-state index < -0.39 is 0 Å². The van der Waals surface area contributed by atoms with Gasteiger partial charge in [0.05, 0.1) is 22.1 Å². The number of aryl methyl sites for hydroxylation is 1. The highest BCUT2D eigenvalue weighted by atomic mass is 15.0. The lowest BCUT2D eigenvalue weighted by molar-refractivity contribution is 1.18. The van der Waals surface area contributed by atoms with E-state index >= 15 is 0 Å². The number of allylic oxidation sites excluding steroid dienone is 5. The van der Waals surface area contributed by atoms with Crippen LogP contribution in [-0.4, -0.2) is 9.13 Å². The second-order valence-corrected chi connectivity index (χ2v) is 15.0. The van der Waals surface area contributed by atoms with Gasteiger partial charge < -0.3 is 9.13 Å². The van der Waals surface area contributed by atoms with Gasteiger partial charge in [0.2, 0.25) is 0 Å². The van der Waals surface area contributed by atoms with Gasteiger partial charge in [-0.1, -0.05) is 164 Å². The van der Waals surface area contributed by atoms with Crippen molar-refractivity contribution in [3.8, 4) is 33.6 Å². The molecule has 0 amide bonds. The van der Waals surface area contributed by atoms with E-state index in [9.17, 15) is 0 Å². The van der Waals surface area contributed by atoms with Crippen molar-refractivity contribution in [1.82, 2.24) is 9.13 Å². The van der Waals surface area contributed by atoms with Crippen LogP contribution in [0.3, 0.4) is 0 Å². The van der Waals surface area contributed by atoms with E-state index in [1.807, 2.05) is 12.2 Å². The monoisotopic (exact) mass is 742 g/mol. The molecule has 2 heteroatoms. The fourth-order valence-corrected chi connectivity index (χ4v) is 8.83. The molecule has 0 atom stereocenters. The number of benzene rings is 8. The Bertz CT molecular complexity index is 3170.